The van der Waals surface area contributed by atoms with Gasteiger partial charge in [0.1, 0.15) is 6.10 Å². The van der Waals surface area contributed by atoms with Crippen LogP contribution in [-0.2, 0) is 9.53 Å². The van der Waals surface area contributed by atoms with Crippen LogP contribution in [-0.4, -0.2) is 142 Å². The zero-order valence-electron chi connectivity index (χ0n) is 12.8. The molecule has 2 N–H and O–H groups in total. The molecule has 0 saturated heterocycles. The minimum absolute atomic E-state index is 0. The molecular weight excluding hydrogens is 248 g/mol. The average Bonchev–Trinajstić information content (AvgIpc) is 1.63. The molecule has 0 aliphatic carbocycles. The van der Waals surface area contributed by atoms with Crippen LogP contribution < -0.4 is 0 Å². The SMILES string of the molecule is CC(O)C(=O)OC(=O)O.[Ca+2].[Ca+2].[Ca+2].[H-].[H-].[H-].[H-].[H-].[H-]. The monoisotopic (exact) mass is 260 g/mol. The zero-order valence-corrected chi connectivity index (χ0v) is 13.4. The van der Waals surface area contributed by atoms with Gasteiger partial charge in [-0.25, -0.2) is 9.59 Å². The molecule has 1 atom stereocenters. The second-order valence-corrected chi connectivity index (χ2v) is 1.36. The molecule has 0 saturated carbocycles. The zero-order chi connectivity index (χ0) is 7.44. The smallest absolute Gasteiger partial charge is 1.00 e. The predicted molar refractivity (Wildman–Crippen MR) is 49.7 cm³/mol. The van der Waals surface area contributed by atoms with Crippen LogP contribution in [0.1, 0.15) is 15.5 Å². The molecule has 0 spiro atoms. The molecule has 0 fully saturated rings. The van der Waals surface area contributed by atoms with E-state index in [9.17, 15) is 9.59 Å². The van der Waals surface area contributed by atoms with Crippen molar-refractivity contribution in [1.29, 1.82) is 0 Å². The first-order chi connectivity index (χ1) is 4.04. The first-order valence-corrected chi connectivity index (χ1v) is 2.16. The molecule has 0 bridgehead atoms. The van der Waals surface area contributed by atoms with Gasteiger partial charge in [0.05, 0.1) is 0 Å². The van der Waals surface area contributed by atoms with E-state index in [-0.39, 0.29) is 122 Å². The number of carboxylic acid groups (broad SMARTS) is 1. The first-order valence-electron chi connectivity index (χ1n) is 2.16. The molecule has 0 aromatic rings. The summed E-state index contributed by atoms with van der Waals surface area (Å²) in [6.07, 6.45) is -3.10. The van der Waals surface area contributed by atoms with Gasteiger partial charge in [-0.1, -0.05) is 0 Å². The van der Waals surface area contributed by atoms with Crippen molar-refractivity contribution in [2.45, 2.75) is 13.0 Å². The second-order valence-electron chi connectivity index (χ2n) is 1.36. The molecule has 0 rings (SSSR count). The largest absolute Gasteiger partial charge is 2.00 e. The quantitative estimate of drug-likeness (QED) is 0.363. The minimum Gasteiger partial charge on any atom is -1.00 e. The molecule has 5 nitrogen and oxygen atoms in total. The molecule has 0 aromatic heterocycles. The summed E-state index contributed by atoms with van der Waals surface area (Å²) >= 11 is 0. The number of ether oxygens (including phenoxy) is 1. The number of carbonyl (C=O) groups excluding carboxylic acids is 1. The van der Waals surface area contributed by atoms with Crippen LogP contribution in [0.2, 0.25) is 0 Å². The Morgan fingerprint density at radius 1 is 1.33 bits per heavy atom. The average molecular weight is 260 g/mol. The van der Waals surface area contributed by atoms with Gasteiger partial charge < -0.3 is 23.5 Å². The fraction of sp³-hybridized carbons (Fsp3) is 0.500. The molecule has 0 amide bonds. The van der Waals surface area contributed by atoms with Gasteiger partial charge in [0, 0.05) is 0 Å². The van der Waals surface area contributed by atoms with E-state index in [2.05, 4.69) is 4.74 Å². The number of carbonyl (C=O) groups is 2. The van der Waals surface area contributed by atoms with Gasteiger partial charge in [0.15, 0.2) is 0 Å². The van der Waals surface area contributed by atoms with E-state index in [1.165, 1.54) is 0 Å². The van der Waals surface area contributed by atoms with Gasteiger partial charge >= 0.3 is 125 Å². The van der Waals surface area contributed by atoms with Crippen molar-refractivity contribution in [3.05, 3.63) is 0 Å². The normalized spacial score (nSPS) is 9.17. The number of aliphatic hydroxyl groups excluding tert-OH is 1. The van der Waals surface area contributed by atoms with E-state index in [0.29, 0.717) is 0 Å². The van der Waals surface area contributed by atoms with E-state index < -0.39 is 18.2 Å². The fourth-order valence-corrected chi connectivity index (χ4v) is 0.171. The summed E-state index contributed by atoms with van der Waals surface area (Å²) in [4.78, 5) is 19.7. The molecule has 0 aliphatic rings. The molecule has 0 heterocycles. The number of rotatable bonds is 1. The summed E-state index contributed by atoms with van der Waals surface area (Å²) in [5, 5.41) is 16.1. The summed E-state index contributed by atoms with van der Waals surface area (Å²) in [6.45, 7) is 1.12. The van der Waals surface area contributed by atoms with Crippen molar-refractivity contribution in [3.63, 3.8) is 0 Å². The van der Waals surface area contributed by atoms with Gasteiger partial charge in [-0.2, -0.15) is 0 Å². The van der Waals surface area contributed by atoms with Gasteiger partial charge in [-0.3, -0.25) is 0 Å². The summed E-state index contributed by atoms with van der Waals surface area (Å²) < 4.78 is 3.54. The summed E-state index contributed by atoms with van der Waals surface area (Å²) in [6, 6.07) is 0. The molecule has 0 aliphatic heterocycles. The molecule has 1 unspecified atom stereocenters. The van der Waals surface area contributed by atoms with Crippen LogP contribution in [0.25, 0.3) is 0 Å². The Morgan fingerprint density at radius 2 is 1.67 bits per heavy atom. The van der Waals surface area contributed by atoms with Crippen molar-refractivity contribution < 1.29 is 33.1 Å². The predicted octanol–water partition coefficient (Wildman–Crippen LogP) is -0.879. The summed E-state index contributed by atoms with van der Waals surface area (Å²) in [5.74, 6) is -1.16. The Balaban J connectivity index is -0.00000000889. The molecule has 8 heteroatoms. The topological polar surface area (TPSA) is 83.8 Å². The van der Waals surface area contributed by atoms with Crippen molar-refractivity contribution in [2.75, 3.05) is 0 Å². The molecule has 64 valence electrons. The van der Waals surface area contributed by atoms with Crippen LogP contribution in [0.5, 0.6) is 0 Å². The molecular formula is C4H12Ca3O5. The van der Waals surface area contributed by atoms with E-state index in [4.69, 9.17) is 10.2 Å². The number of esters is 1. The third-order valence-corrected chi connectivity index (χ3v) is 0.529. The molecule has 12 heavy (non-hydrogen) atoms. The van der Waals surface area contributed by atoms with Gasteiger partial charge in [0.2, 0.25) is 0 Å². The van der Waals surface area contributed by atoms with E-state index >= 15 is 0 Å². The maximum absolute atomic E-state index is 10.1. The second kappa shape index (κ2) is 13.7. The number of hydrogen-bond donors (Lipinski definition) is 2. The van der Waals surface area contributed by atoms with Crippen LogP contribution in [0.3, 0.4) is 0 Å². The molecule has 0 aromatic carbocycles. The maximum atomic E-state index is 10.1. The molecule has 0 radical (unpaired) electrons. The Hall–Kier alpha value is 2.68. The maximum Gasteiger partial charge on any atom is 2.00 e. The third-order valence-electron chi connectivity index (χ3n) is 0.529. The standard InChI is InChI=1S/C4H6O5.3Ca.6H/c1-2(5)3(6)9-4(7)8;;;;;;;;;/h2,5H,1H3,(H,7,8);;;;;;;;;/q;3*+2;6*-1. The Bertz CT molecular complexity index is 153. The van der Waals surface area contributed by atoms with Crippen LogP contribution in [0, 0.1) is 0 Å². The Labute approximate surface area is 168 Å². The van der Waals surface area contributed by atoms with Crippen molar-refractivity contribution >= 4 is 125 Å². The van der Waals surface area contributed by atoms with Crippen LogP contribution in [0.15, 0.2) is 0 Å². The third kappa shape index (κ3) is 15.2. The Morgan fingerprint density at radius 3 is 1.75 bits per heavy atom. The van der Waals surface area contributed by atoms with Crippen molar-refractivity contribution in [1.82, 2.24) is 0 Å². The van der Waals surface area contributed by atoms with Gasteiger partial charge in [-0.05, 0) is 6.92 Å². The van der Waals surface area contributed by atoms with E-state index in [1.54, 1.807) is 0 Å². The number of aliphatic hydroxyl groups is 1. The summed E-state index contributed by atoms with van der Waals surface area (Å²) in [5.41, 5.74) is 0. The van der Waals surface area contributed by atoms with Crippen molar-refractivity contribution in [2.24, 2.45) is 0 Å². The minimum atomic E-state index is -1.71. The van der Waals surface area contributed by atoms with Gasteiger partial charge in [-0.15, -0.1) is 0 Å². The number of hydrogen-bond acceptors (Lipinski definition) is 4. The van der Waals surface area contributed by atoms with E-state index in [0.717, 1.165) is 6.92 Å². The van der Waals surface area contributed by atoms with Crippen molar-refractivity contribution in [3.8, 4) is 0 Å². The first kappa shape index (κ1) is 24.1. The Kier molecular flexibility index (Phi) is 27.5. The summed E-state index contributed by atoms with van der Waals surface area (Å²) in [7, 11) is 0. The van der Waals surface area contributed by atoms with Crippen LogP contribution in [0.4, 0.5) is 4.79 Å². The van der Waals surface area contributed by atoms with Crippen LogP contribution >= 0.6 is 0 Å². The fourth-order valence-electron chi connectivity index (χ4n) is 0.171. The van der Waals surface area contributed by atoms with Gasteiger partial charge in [0.25, 0.3) is 0 Å². The van der Waals surface area contributed by atoms with E-state index in [1.807, 2.05) is 0 Å².